The third-order valence-electron chi connectivity index (χ3n) is 16.3. The van der Waals surface area contributed by atoms with Gasteiger partial charge in [-0.15, -0.1) is 0 Å². The zero-order chi connectivity index (χ0) is 71.4. The Balaban J connectivity index is 5.71. The Labute approximate surface area is 577 Å². The number of rotatable bonds is 65. The minimum absolute atomic E-state index is 0.00491. The minimum Gasteiger partial charge on any atom is -0.481 e. The largest absolute Gasteiger partial charge is 0.481 e. The molecule has 0 aliphatic heterocycles. The number of esters is 2. The Morgan fingerprint density at radius 1 is 0.375 bits per heavy atom. The van der Waals surface area contributed by atoms with E-state index in [4.69, 9.17) is 14.6 Å². The molecule has 0 rings (SSSR count). The highest BCUT2D eigenvalue weighted by molar-refractivity contribution is 7.99. The van der Waals surface area contributed by atoms with Crippen LogP contribution < -0.4 is 42.5 Å². The van der Waals surface area contributed by atoms with Gasteiger partial charge in [-0.3, -0.25) is 52.7 Å². The molecular formula is C70H126N8O17S. The lowest BCUT2D eigenvalue weighted by Gasteiger charge is -2.21. The van der Waals surface area contributed by atoms with Gasteiger partial charge in [-0.1, -0.05) is 233 Å². The van der Waals surface area contributed by atoms with Gasteiger partial charge in [0.15, 0.2) is 6.04 Å². The topological polar surface area (TPSA) is 380 Å². The van der Waals surface area contributed by atoms with E-state index >= 15 is 0 Å². The molecule has 0 heterocycles. The van der Waals surface area contributed by atoms with Crippen molar-refractivity contribution in [1.29, 1.82) is 0 Å². The molecular weight excluding hydrogens is 1260 g/mol. The summed E-state index contributed by atoms with van der Waals surface area (Å²) in [5, 5.41) is 46.4. The smallest absolute Gasteiger partial charge is 0.328 e. The van der Waals surface area contributed by atoms with Gasteiger partial charge in [0.05, 0.1) is 38.7 Å². The first-order valence-corrected chi connectivity index (χ1v) is 37.6. The van der Waals surface area contributed by atoms with Crippen molar-refractivity contribution in [3.05, 3.63) is 0 Å². The van der Waals surface area contributed by atoms with Crippen molar-refractivity contribution in [2.24, 2.45) is 0 Å². The number of aliphatic hydroxyl groups excluding tert-OH is 1. The number of aliphatic hydroxyl groups is 1. The third kappa shape index (κ3) is 54.0. The molecule has 25 nitrogen and oxygen atoms in total. The maximum Gasteiger partial charge on any atom is 0.328 e. The normalized spacial score (nSPS) is 12.9. The van der Waals surface area contributed by atoms with Crippen LogP contribution in [0.3, 0.4) is 0 Å². The van der Waals surface area contributed by atoms with E-state index in [-0.39, 0.29) is 49.3 Å². The summed E-state index contributed by atoms with van der Waals surface area (Å²) in [4.78, 5) is 152. The molecule has 554 valence electrons. The van der Waals surface area contributed by atoms with Crippen LogP contribution in [0, 0.1) is 0 Å². The molecule has 0 bridgehead atoms. The molecule has 26 heteroatoms. The van der Waals surface area contributed by atoms with E-state index in [9.17, 15) is 67.7 Å². The van der Waals surface area contributed by atoms with E-state index in [1.54, 1.807) is 0 Å². The number of hydrogen-bond donors (Lipinski definition) is 11. The van der Waals surface area contributed by atoms with Crippen LogP contribution in [0.15, 0.2) is 0 Å². The molecule has 0 radical (unpaired) electrons. The van der Waals surface area contributed by atoms with Crippen LogP contribution in [0.4, 0.5) is 0 Å². The number of aliphatic carboxylic acids is 2. The van der Waals surface area contributed by atoms with Gasteiger partial charge in [-0.25, -0.2) is 4.79 Å². The molecule has 11 N–H and O–H groups in total. The summed E-state index contributed by atoms with van der Waals surface area (Å²) < 4.78 is 11.6. The Bertz CT molecular complexity index is 2190. The first-order valence-electron chi connectivity index (χ1n) is 36.5. The average molecular weight is 1380 g/mol. The molecule has 0 spiro atoms. The fraction of sp³-hybridized carbons (Fsp3) is 0.829. The van der Waals surface area contributed by atoms with Crippen LogP contribution in [-0.2, 0) is 67.0 Å². The van der Waals surface area contributed by atoms with Gasteiger partial charge in [-0.05, 0) is 33.1 Å². The lowest BCUT2D eigenvalue weighted by Crippen LogP contribution is -2.55. The molecule has 6 atom stereocenters. The second-order valence-corrected chi connectivity index (χ2v) is 26.5. The third-order valence-corrected chi connectivity index (χ3v) is 17.5. The van der Waals surface area contributed by atoms with Crippen molar-refractivity contribution in [2.45, 2.75) is 328 Å². The van der Waals surface area contributed by atoms with Gasteiger partial charge < -0.3 is 67.3 Å². The number of carbonyl (C=O) groups excluding carboxylic acids is 10. The van der Waals surface area contributed by atoms with Crippen LogP contribution >= 0.6 is 11.8 Å². The Kier molecular flexibility index (Phi) is 57.4. The Morgan fingerprint density at radius 2 is 0.740 bits per heavy atom. The summed E-state index contributed by atoms with van der Waals surface area (Å²) in [7, 11) is 0. The molecule has 8 amide bonds. The van der Waals surface area contributed by atoms with E-state index in [0.29, 0.717) is 19.3 Å². The SMILES string of the molecule is CCCCCCCCCCCCCCCC(=O)OCC(CSCC(NC(=O)CCCCCCCCCCCC)C(=O)NCC(=O)NCC(=O)NCC(=O)NC(CC(=O)O)C(=O)NC(C)C(=O)NCC(=O)NC(C(=O)O)C(C)O)OC(=O)CCCCCCCCCCCCCCC. The summed E-state index contributed by atoms with van der Waals surface area (Å²) in [5.74, 6) is -10.6. The van der Waals surface area contributed by atoms with Crippen LogP contribution in [-0.4, -0.2) is 167 Å². The molecule has 0 aliphatic carbocycles. The zero-order valence-corrected chi connectivity index (χ0v) is 60.0. The standard InChI is InChI=1S/C70H126N8O17S/c1-6-9-12-15-18-21-24-26-28-31-34-37-40-43-64(87)94-50-55(95-65(88)44-41-38-35-32-29-27-25-22-19-16-13-10-7-2)51-96-52-57(77-58(80)42-39-36-33-30-23-20-17-14-11-8-3)68(90)74-47-60(82)71-46-59(81)72-48-61(83)76-56(45-63(85)86)69(91)75-53(4)67(89)73-49-62(84)78-66(54(5)79)70(92)93/h53-57,66,79H,6-52H2,1-5H3,(H,71,82)(H,72,81)(H,73,89)(H,74,90)(H,75,91)(H,76,83)(H,77,80)(H,78,84)(H,85,86)(H,92,93). The molecule has 0 saturated heterocycles. The Morgan fingerprint density at radius 3 is 1.17 bits per heavy atom. The lowest BCUT2D eigenvalue weighted by molar-refractivity contribution is -0.157. The number of amides is 8. The first-order chi connectivity index (χ1) is 46.1. The maximum atomic E-state index is 13.8. The number of hydrogen-bond acceptors (Lipinski definition) is 16. The summed E-state index contributed by atoms with van der Waals surface area (Å²) >= 11 is 1.21. The molecule has 0 fully saturated rings. The highest BCUT2D eigenvalue weighted by atomic mass is 32.2. The zero-order valence-electron chi connectivity index (χ0n) is 59.2. The van der Waals surface area contributed by atoms with Crippen molar-refractivity contribution in [2.75, 3.05) is 44.3 Å². The Hall–Kier alpha value is -6.05. The first kappa shape index (κ1) is 90.0. The fourth-order valence-corrected chi connectivity index (χ4v) is 11.5. The number of nitrogens with one attached hydrogen (secondary N) is 8. The van der Waals surface area contributed by atoms with E-state index in [1.165, 1.54) is 166 Å². The van der Waals surface area contributed by atoms with Gasteiger partial charge in [0.25, 0.3) is 0 Å². The summed E-state index contributed by atoms with van der Waals surface area (Å²) in [5.41, 5.74) is 0. The van der Waals surface area contributed by atoms with Crippen molar-refractivity contribution >= 4 is 82.9 Å². The van der Waals surface area contributed by atoms with Gasteiger partial charge in [0.2, 0.25) is 47.3 Å². The van der Waals surface area contributed by atoms with Crippen LogP contribution in [0.2, 0.25) is 0 Å². The second-order valence-electron chi connectivity index (χ2n) is 25.4. The van der Waals surface area contributed by atoms with Crippen molar-refractivity contribution < 1.29 is 82.3 Å². The fourth-order valence-electron chi connectivity index (χ4n) is 10.4. The highest BCUT2D eigenvalue weighted by Crippen LogP contribution is 2.18. The number of carbonyl (C=O) groups is 12. The number of carboxylic acids is 2. The quantitative estimate of drug-likeness (QED) is 0.0200. The van der Waals surface area contributed by atoms with Gasteiger partial charge >= 0.3 is 23.9 Å². The number of carboxylic acid groups (broad SMARTS) is 2. The molecule has 6 unspecified atom stereocenters. The number of ether oxygens (including phenoxy) is 2. The van der Waals surface area contributed by atoms with Crippen LogP contribution in [0.25, 0.3) is 0 Å². The van der Waals surface area contributed by atoms with E-state index in [1.807, 2.05) is 5.32 Å². The lowest BCUT2D eigenvalue weighted by atomic mass is 10.0. The van der Waals surface area contributed by atoms with Gasteiger partial charge in [0.1, 0.15) is 30.8 Å². The number of unbranched alkanes of at least 4 members (excludes halogenated alkanes) is 33. The molecule has 0 aromatic rings. The molecule has 0 aromatic carbocycles. The average Bonchev–Trinajstić information content (AvgIpc) is 2.31. The van der Waals surface area contributed by atoms with E-state index < -0.39 is 128 Å². The summed E-state index contributed by atoms with van der Waals surface area (Å²) in [6.45, 7) is 5.93. The van der Waals surface area contributed by atoms with Crippen LogP contribution in [0.1, 0.15) is 291 Å². The predicted octanol–water partition coefficient (Wildman–Crippen LogP) is 8.81. The summed E-state index contributed by atoms with van der Waals surface area (Å²) in [6.07, 6.45) is 38.3. The van der Waals surface area contributed by atoms with Crippen molar-refractivity contribution in [1.82, 2.24) is 42.5 Å². The predicted molar refractivity (Wildman–Crippen MR) is 372 cm³/mol. The number of thioether (sulfide) groups is 1. The highest BCUT2D eigenvalue weighted by Gasteiger charge is 2.29. The van der Waals surface area contributed by atoms with Crippen molar-refractivity contribution in [3.63, 3.8) is 0 Å². The van der Waals surface area contributed by atoms with Crippen LogP contribution in [0.5, 0.6) is 0 Å². The van der Waals surface area contributed by atoms with E-state index in [2.05, 4.69) is 58.0 Å². The molecule has 96 heavy (non-hydrogen) atoms. The minimum atomic E-state index is -1.75. The summed E-state index contributed by atoms with van der Waals surface area (Å²) in [6, 6.07) is -5.96. The molecule has 0 aliphatic rings. The van der Waals surface area contributed by atoms with E-state index in [0.717, 1.165) is 71.1 Å². The maximum absolute atomic E-state index is 13.8. The monoisotopic (exact) mass is 1380 g/mol. The molecule has 0 saturated carbocycles. The van der Waals surface area contributed by atoms with Crippen molar-refractivity contribution in [3.8, 4) is 0 Å². The second kappa shape index (κ2) is 61.3. The molecule has 0 aromatic heterocycles. The van der Waals surface area contributed by atoms with Gasteiger partial charge in [0, 0.05) is 30.8 Å². The van der Waals surface area contributed by atoms with Gasteiger partial charge in [-0.2, -0.15) is 11.8 Å².